The van der Waals surface area contributed by atoms with Crippen molar-refractivity contribution in [2.24, 2.45) is 0 Å². The maximum absolute atomic E-state index is 12.7. The molecular weight excluding hydrogens is 424 g/mol. The van der Waals surface area contributed by atoms with Crippen molar-refractivity contribution in [1.29, 1.82) is 0 Å². The van der Waals surface area contributed by atoms with Crippen LogP contribution in [-0.4, -0.2) is 61.0 Å². The van der Waals surface area contributed by atoms with Gasteiger partial charge in [0.15, 0.2) is 0 Å². The van der Waals surface area contributed by atoms with Crippen molar-refractivity contribution >= 4 is 18.2 Å². The molecule has 8 nitrogen and oxygen atoms in total. The molecule has 0 heterocycles. The first-order valence-corrected chi connectivity index (χ1v) is 10.8. The van der Waals surface area contributed by atoms with Crippen LogP contribution in [0.4, 0.5) is 9.59 Å². The van der Waals surface area contributed by atoms with Gasteiger partial charge in [0, 0.05) is 19.5 Å². The van der Waals surface area contributed by atoms with Crippen LogP contribution in [0.15, 0.2) is 61.2 Å². The van der Waals surface area contributed by atoms with Crippen LogP contribution in [0.2, 0.25) is 0 Å². The predicted molar refractivity (Wildman–Crippen MR) is 123 cm³/mol. The van der Waals surface area contributed by atoms with Gasteiger partial charge in [-0.3, -0.25) is 4.90 Å². The van der Waals surface area contributed by atoms with Crippen molar-refractivity contribution in [2.75, 3.05) is 26.8 Å². The summed E-state index contributed by atoms with van der Waals surface area (Å²) >= 11 is 0. The molecule has 0 saturated heterocycles. The number of carbonyl (C=O) groups is 3. The number of likely N-dealkylation sites (N-methyl/N-ethyl adjacent to an activating group) is 1. The van der Waals surface area contributed by atoms with E-state index in [1.165, 1.54) is 13.1 Å². The fourth-order valence-corrected chi connectivity index (χ4v) is 3.98. The first-order chi connectivity index (χ1) is 15.9. The zero-order valence-electron chi connectivity index (χ0n) is 18.5. The molecule has 0 radical (unpaired) electrons. The number of aliphatic carboxylic acids is 1. The van der Waals surface area contributed by atoms with Gasteiger partial charge in [0.2, 0.25) is 0 Å². The molecule has 0 saturated carbocycles. The Morgan fingerprint density at radius 3 is 2.27 bits per heavy atom. The van der Waals surface area contributed by atoms with Crippen LogP contribution in [0, 0.1) is 0 Å². The van der Waals surface area contributed by atoms with E-state index in [1.807, 2.05) is 48.5 Å². The summed E-state index contributed by atoms with van der Waals surface area (Å²) in [5.74, 6) is -1.25. The molecule has 0 spiro atoms. The number of nitrogens with one attached hydrogen (secondary N) is 1. The number of rotatable bonds is 10. The largest absolute Gasteiger partial charge is 0.480 e. The first kappa shape index (κ1) is 23.8. The van der Waals surface area contributed by atoms with Crippen LogP contribution < -0.4 is 5.32 Å². The van der Waals surface area contributed by atoms with Gasteiger partial charge in [0.25, 0.3) is 0 Å². The number of fused-ring (bicyclic) bond motifs is 3. The highest BCUT2D eigenvalue weighted by molar-refractivity contribution is 5.81. The SMILES string of the molecule is C=CCOC(=O)NCCC[C@@H](C(=O)O)N(C)C(=O)OCC1c2ccccc2-c2ccccc21. The van der Waals surface area contributed by atoms with E-state index < -0.39 is 24.2 Å². The number of carbonyl (C=O) groups excluding carboxylic acids is 2. The highest BCUT2D eigenvalue weighted by Gasteiger charge is 2.31. The number of amides is 2. The van der Waals surface area contributed by atoms with E-state index in [1.54, 1.807) is 0 Å². The number of benzene rings is 2. The van der Waals surface area contributed by atoms with Gasteiger partial charge >= 0.3 is 18.2 Å². The van der Waals surface area contributed by atoms with Gasteiger partial charge in [-0.1, -0.05) is 61.2 Å². The Hall–Kier alpha value is -3.81. The Labute approximate surface area is 192 Å². The average Bonchev–Trinajstić information content (AvgIpc) is 3.14. The standard InChI is InChI=1S/C25H28N2O6/c1-3-15-32-24(30)26-14-8-13-22(23(28)29)27(2)25(31)33-16-21-19-11-6-4-9-17(19)18-10-5-7-12-20(18)21/h3-7,9-12,21-22H,1,8,13-16H2,2H3,(H,26,30)(H,28,29)/t22-/m0/s1. The minimum atomic E-state index is -1.14. The fraction of sp³-hybridized carbons (Fsp3) is 0.320. The van der Waals surface area contributed by atoms with Gasteiger partial charge in [-0.2, -0.15) is 0 Å². The van der Waals surface area contributed by atoms with Crippen molar-refractivity contribution in [3.8, 4) is 11.1 Å². The quantitative estimate of drug-likeness (QED) is 0.417. The molecule has 3 rings (SSSR count). The minimum Gasteiger partial charge on any atom is -0.480 e. The summed E-state index contributed by atoms with van der Waals surface area (Å²) < 4.78 is 10.3. The summed E-state index contributed by atoms with van der Waals surface area (Å²) in [6, 6.07) is 14.9. The molecule has 2 N–H and O–H groups in total. The van der Waals surface area contributed by atoms with Crippen molar-refractivity contribution in [3.63, 3.8) is 0 Å². The van der Waals surface area contributed by atoms with Gasteiger partial charge in [0.1, 0.15) is 19.3 Å². The van der Waals surface area contributed by atoms with E-state index >= 15 is 0 Å². The van der Waals surface area contributed by atoms with Gasteiger partial charge in [-0.05, 0) is 35.1 Å². The molecule has 1 atom stereocenters. The molecule has 8 heteroatoms. The zero-order chi connectivity index (χ0) is 23.8. The van der Waals surface area contributed by atoms with E-state index in [9.17, 15) is 19.5 Å². The topological polar surface area (TPSA) is 105 Å². The molecule has 2 amide bonds. The van der Waals surface area contributed by atoms with Gasteiger partial charge in [-0.15, -0.1) is 0 Å². The Balaban J connectivity index is 1.56. The van der Waals surface area contributed by atoms with Gasteiger partial charge in [0.05, 0.1) is 0 Å². The van der Waals surface area contributed by atoms with Crippen LogP contribution in [0.1, 0.15) is 29.9 Å². The highest BCUT2D eigenvalue weighted by Crippen LogP contribution is 2.44. The molecular formula is C25H28N2O6. The van der Waals surface area contributed by atoms with Crippen molar-refractivity contribution in [3.05, 3.63) is 72.3 Å². The number of nitrogens with zero attached hydrogens (tertiary/aromatic N) is 1. The van der Waals surface area contributed by atoms with E-state index in [0.717, 1.165) is 27.2 Å². The second kappa shape index (κ2) is 11.2. The number of carboxylic acids is 1. The Bertz CT molecular complexity index is 976. The third-order valence-electron chi connectivity index (χ3n) is 5.63. The fourth-order valence-electron chi connectivity index (χ4n) is 3.98. The molecule has 2 aromatic rings. The number of hydrogen-bond donors (Lipinski definition) is 2. The van der Waals surface area contributed by atoms with Gasteiger partial charge < -0.3 is 19.9 Å². The molecule has 0 unspecified atom stereocenters. The third kappa shape index (κ3) is 5.71. The zero-order valence-corrected chi connectivity index (χ0v) is 18.5. The molecule has 0 fully saturated rings. The van der Waals surface area contributed by atoms with Crippen molar-refractivity contribution < 1.29 is 29.0 Å². The van der Waals surface area contributed by atoms with Gasteiger partial charge in [-0.25, -0.2) is 14.4 Å². The molecule has 1 aliphatic carbocycles. The van der Waals surface area contributed by atoms with E-state index in [4.69, 9.17) is 9.47 Å². The predicted octanol–water partition coefficient (Wildman–Crippen LogP) is 4.01. The maximum Gasteiger partial charge on any atom is 0.410 e. The summed E-state index contributed by atoms with van der Waals surface area (Å²) in [6.45, 7) is 3.87. The lowest BCUT2D eigenvalue weighted by molar-refractivity contribution is -0.142. The molecule has 0 aliphatic heterocycles. The number of alkyl carbamates (subject to hydrolysis) is 1. The molecule has 174 valence electrons. The van der Waals surface area contributed by atoms with Crippen LogP contribution in [-0.2, 0) is 14.3 Å². The van der Waals surface area contributed by atoms with E-state index in [-0.39, 0.29) is 32.1 Å². The molecule has 0 bridgehead atoms. The second-order valence-electron chi connectivity index (χ2n) is 7.73. The van der Waals surface area contributed by atoms with E-state index in [2.05, 4.69) is 11.9 Å². The monoisotopic (exact) mass is 452 g/mol. The normalized spacial score (nSPS) is 12.8. The summed E-state index contributed by atoms with van der Waals surface area (Å²) in [5.41, 5.74) is 4.40. The molecule has 0 aromatic heterocycles. The Kier molecular flexibility index (Phi) is 8.07. The molecule has 1 aliphatic rings. The van der Waals surface area contributed by atoms with Crippen molar-refractivity contribution in [1.82, 2.24) is 10.2 Å². The van der Waals surface area contributed by atoms with Crippen LogP contribution >= 0.6 is 0 Å². The smallest absolute Gasteiger partial charge is 0.410 e. The average molecular weight is 453 g/mol. The maximum atomic E-state index is 12.7. The van der Waals surface area contributed by atoms with Crippen molar-refractivity contribution in [2.45, 2.75) is 24.8 Å². The van der Waals surface area contributed by atoms with Crippen LogP contribution in [0.3, 0.4) is 0 Å². The summed E-state index contributed by atoms with van der Waals surface area (Å²) in [5, 5.41) is 12.1. The van der Waals surface area contributed by atoms with Crippen LogP contribution in [0.25, 0.3) is 11.1 Å². The Morgan fingerprint density at radius 2 is 1.70 bits per heavy atom. The lowest BCUT2D eigenvalue weighted by atomic mass is 9.98. The lowest BCUT2D eigenvalue weighted by Crippen LogP contribution is -2.43. The lowest BCUT2D eigenvalue weighted by Gasteiger charge is -2.25. The minimum absolute atomic E-state index is 0.0914. The second-order valence-corrected chi connectivity index (χ2v) is 7.73. The molecule has 33 heavy (non-hydrogen) atoms. The molecule has 2 aromatic carbocycles. The first-order valence-electron chi connectivity index (χ1n) is 10.8. The summed E-state index contributed by atoms with van der Waals surface area (Å²) in [7, 11) is 1.41. The Morgan fingerprint density at radius 1 is 1.09 bits per heavy atom. The third-order valence-corrected chi connectivity index (χ3v) is 5.63. The summed E-state index contributed by atoms with van der Waals surface area (Å²) in [6.07, 6.45) is 0.636. The summed E-state index contributed by atoms with van der Waals surface area (Å²) in [4.78, 5) is 36.9. The van der Waals surface area contributed by atoms with E-state index in [0.29, 0.717) is 6.42 Å². The number of hydrogen-bond acceptors (Lipinski definition) is 5. The number of carboxylic acid groups (broad SMARTS) is 1. The van der Waals surface area contributed by atoms with Crippen LogP contribution in [0.5, 0.6) is 0 Å². The highest BCUT2D eigenvalue weighted by atomic mass is 16.6. The number of ether oxygens (including phenoxy) is 2.